The van der Waals surface area contributed by atoms with E-state index in [-0.39, 0.29) is 5.91 Å². The van der Waals surface area contributed by atoms with E-state index in [0.717, 1.165) is 46.8 Å². The standard InChI is InChI=1S/C20H19ClN2OS/c21-17-4-2-1-3-16(17)19-8-10-23(11-12-25-19)20(24)15-5-6-18-14(13-15)7-9-22-18/h1-7,9,13,19,22H,8,10-12H2. The van der Waals surface area contributed by atoms with Gasteiger partial charge in [0.2, 0.25) is 0 Å². The van der Waals surface area contributed by atoms with Gasteiger partial charge in [-0.2, -0.15) is 11.8 Å². The first kappa shape index (κ1) is 16.6. The highest BCUT2D eigenvalue weighted by Crippen LogP contribution is 2.38. The number of amides is 1. The number of carbonyl (C=O) groups excluding carboxylic acids is 1. The van der Waals surface area contributed by atoms with Crippen LogP contribution in [0.5, 0.6) is 0 Å². The molecule has 1 atom stereocenters. The van der Waals surface area contributed by atoms with Crippen molar-refractivity contribution in [2.45, 2.75) is 11.7 Å². The van der Waals surface area contributed by atoms with Crippen molar-refractivity contribution < 1.29 is 4.79 Å². The van der Waals surface area contributed by atoms with Gasteiger partial charge < -0.3 is 9.88 Å². The van der Waals surface area contributed by atoms with Crippen LogP contribution in [0.4, 0.5) is 0 Å². The van der Waals surface area contributed by atoms with Crippen molar-refractivity contribution in [3.63, 3.8) is 0 Å². The van der Waals surface area contributed by atoms with E-state index in [1.54, 1.807) is 0 Å². The minimum atomic E-state index is 0.114. The fourth-order valence-corrected chi connectivity index (χ4v) is 4.93. The summed E-state index contributed by atoms with van der Waals surface area (Å²) in [5, 5.41) is 2.24. The molecule has 0 spiro atoms. The second-order valence-corrected chi connectivity index (χ2v) is 7.96. The highest BCUT2D eigenvalue weighted by Gasteiger charge is 2.24. The van der Waals surface area contributed by atoms with Gasteiger partial charge in [-0.15, -0.1) is 0 Å². The third-order valence-corrected chi connectivity index (χ3v) is 6.34. The van der Waals surface area contributed by atoms with E-state index in [1.807, 2.05) is 65.3 Å². The van der Waals surface area contributed by atoms with Gasteiger partial charge in [0.15, 0.2) is 0 Å². The lowest BCUT2D eigenvalue weighted by molar-refractivity contribution is 0.0767. The summed E-state index contributed by atoms with van der Waals surface area (Å²) in [6.07, 6.45) is 2.82. The third kappa shape index (κ3) is 3.42. The van der Waals surface area contributed by atoms with Gasteiger partial charge in [0, 0.05) is 51.8 Å². The SMILES string of the molecule is O=C(c1ccc2[nH]ccc2c1)N1CCSC(c2ccccc2Cl)CC1. The monoisotopic (exact) mass is 370 g/mol. The smallest absolute Gasteiger partial charge is 0.253 e. The summed E-state index contributed by atoms with van der Waals surface area (Å²) < 4.78 is 0. The molecule has 1 aromatic heterocycles. The van der Waals surface area contributed by atoms with Crippen LogP contribution in [-0.4, -0.2) is 34.6 Å². The number of H-pyrrole nitrogens is 1. The number of halogens is 1. The molecular formula is C20H19ClN2OS. The number of nitrogens with one attached hydrogen (secondary N) is 1. The van der Waals surface area contributed by atoms with Crippen molar-refractivity contribution in [3.8, 4) is 0 Å². The van der Waals surface area contributed by atoms with Gasteiger partial charge >= 0.3 is 0 Å². The molecule has 128 valence electrons. The minimum Gasteiger partial charge on any atom is -0.361 e. The van der Waals surface area contributed by atoms with Gasteiger partial charge in [-0.05, 0) is 42.3 Å². The van der Waals surface area contributed by atoms with Crippen molar-refractivity contribution in [1.29, 1.82) is 0 Å². The molecule has 5 heteroatoms. The minimum absolute atomic E-state index is 0.114. The molecule has 25 heavy (non-hydrogen) atoms. The molecule has 1 aliphatic rings. The maximum Gasteiger partial charge on any atom is 0.253 e. The van der Waals surface area contributed by atoms with Crippen LogP contribution in [0.25, 0.3) is 10.9 Å². The Kier molecular flexibility index (Phi) is 4.73. The summed E-state index contributed by atoms with van der Waals surface area (Å²) in [7, 11) is 0. The predicted octanol–water partition coefficient (Wildman–Crippen LogP) is 5.14. The molecule has 0 bridgehead atoms. The van der Waals surface area contributed by atoms with Crippen LogP contribution in [0, 0.1) is 0 Å². The van der Waals surface area contributed by atoms with Gasteiger partial charge in [0.05, 0.1) is 0 Å². The molecule has 1 amide bonds. The number of fused-ring (bicyclic) bond motifs is 1. The molecule has 4 rings (SSSR count). The number of thioether (sulfide) groups is 1. The van der Waals surface area contributed by atoms with Crippen LogP contribution < -0.4 is 0 Å². The van der Waals surface area contributed by atoms with Gasteiger partial charge in [0.25, 0.3) is 5.91 Å². The number of carbonyl (C=O) groups is 1. The Bertz CT molecular complexity index is 907. The van der Waals surface area contributed by atoms with E-state index in [0.29, 0.717) is 5.25 Å². The fourth-order valence-electron chi connectivity index (χ4n) is 3.33. The molecule has 1 unspecified atom stereocenters. The van der Waals surface area contributed by atoms with Crippen LogP contribution in [0.2, 0.25) is 5.02 Å². The first-order chi connectivity index (χ1) is 12.2. The summed E-state index contributed by atoms with van der Waals surface area (Å²) in [5.74, 6) is 1.04. The zero-order valence-electron chi connectivity index (χ0n) is 13.7. The molecule has 0 radical (unpaired) electrons. The van der Waals surface area contributed by atoms with Crippen LogP contribution in [0.1, 0.15) is 27.6 Å². The van der Waals surface area contributed by atoms with E-state index in [1.165, 1.54) is 5.56 Å². The Labute approximate surface area is 156 Å². The summed E-state index contributed by atoms with van der Waals surface area (Å²) in [6, 6.07) is 15.9. The number of benzene rings is 2. The fraction of sp³-hybridized carbons (Fsp3) is 0.250. The number of hydrogen-bond acceptors (Lipinski definition) is 2. The van der Waals surface area contributed by atoms with Crippen molar-refractivity contribution >= 4 is 40.2 Å². The lowest BCUT2D eigenvalue weighted by Crippen LogP contribution is -2.32. The lowest BCUT2D eigenvalue weighted by Gasteiger charge is -2.20. The molecule has 3 nitrogen and oxygen atoms in total. The largest absolute Gasteiger partial charge is 0.361 e. The topological polar surface area (TPSA) is 36.1 Å². The van der Waals surface area contributed by atoms with Crippen molar-refractivity contribution in [1.82, 2.24) is 9.88 Å². The second-order valence-electron chi connectivity index (χ2n) is 6.24. The van der Waals surface area contributed by atoms with Crippen LogP contribution in [-0.2, 0) is 0 Å². The highest BCUT2D eigenvalue weighted by atomic mass is 35.5. The molecule has 1 aliphatic heterocycles. The number of hydrogen-bond donors (Lipinski definition) is 1. The summed E-state index contributed by atoms with van der Waals surface area (Å²) in [6.45, 7) is 1.53. The Morgan fingerprint density at radius 3 is 2.92 bits per heavy atom. The van der Waals surface area contributed by atoms with Crippen molar-refractivity contribution in [3.05, 3.63) is 70.9 Å². The Hall–Kier alpha value is -1.91. The van der Waals surface area contributed by atoms with Crippen molar-refractivity contribution in [2.24, 2.45) is 0 Å². The molecular weight excluding hydrogens is 352 g/mol. The second kappa shape index (κ2) is 7.14. The number of rotatable bonds is 2. The molecule has 1 N–H and O–H groups in total. The molecule has 0 aliphatic carbocycles. The first-order valence-electron chi connectivity index (χ1n) is 8.45. The summed E-state index contributed by atoms with van der Waals surface area (Å²) >= 11 is 8.24. The van der Waals surface area contributed by atoms with Crippen LogP contribution in [0.15, 0.2) is 54.7 Å². The van der Waals surface area contributed by atoms with Crippen LogP contribution >= 0.6 is 23.4 Å². The Morgan fingerprint density at radius 1 is 1.16 bits per heavy atom. The summed E-state index contributed by atoms with van der Waals surface area (Å²) in [5.41, 5.74) is 2.99. The van der Waals surface area contributed by atoms with E-state index in [4.69, 9.17) is 11.6 Å². The molecule has 1 fully saturated rings. The third-order valence-electron chi connectivity index (χ3n) is 4.68. The predicted molar refractivity (Wildman–Crippen MR) is 105 cm³/mol. The normalized spacial score (nSPS) is 18.3. The summed E-state index contributed by atoms with van der Waals surface area (Å²) in [4.78, 5) is 18.0. The van der Waals surface area contributed by atoms with E-state index < -0.39 is 0 Å². The highest BCUT2D eigenvalue weighted by molar-refractivity contribution is 7.99. The zero-order valence-corrected chi connectivity index (χ0v) is 15.3. The van der Waals surface area contributed by atoms with Gasteiger partial charge in [0.1, 0.15) is 0 Å². The molecule has 3 aromatic rings. The van der Waals surface area contributed by atoms with E-state index in [2.05, 4.69) is 11.1 Å². The zero-order chi connectivity index (χ0) is 17.2. The number of aromatic amines is 1. The maximum absolute atomic E-state index is 12.9. The van der Waals surface area contributed by atoms with Gasteiger partial charge in [-0.1, -0.05) is 29.8 Å². The number of nitrogens with zero attached hydrogens (tertiary/aromatic N) is 1. The Morgan fingerprint density at radius 2 is 2.04 bits per heavy atom. The number of aromatic nitrogens is 1. The maximum atomic E-state index is 12.9. The quantitative estimate of drug-likeness (QED) is 0.677. The average molecular weight is 371 g/mol. The van der Waals surface area contributed by atoms with E-state index in [9.17, 15) is 4.79 Å². The molecule has 0 saturated carbocycles. The molecule has 2 heterocycles. The lowest BCUT2D eigenvalue weighted by atomic mass is 10.1. The average Bonchev–Trinajstić information content (AvgIpc) is 2.97. The van der Waals surface area contributed by atoms with E-state index >= 15 is 0 Å². The van der Waals surface area contributed by atoms with Gasteiger partial charge in [-0.25, -0.2) is 0 Å². The molecule has 1 saturated heterocycles. The first-order valence-corrected chi connectivity index (χ1v) is 9.87. The Balaban J connectivity index is 1.50. The molecule has 2 aromatic carbocycles. The van der Waals surface area contributed by atoms with Crippen LogP contribution in [0.3, 0.4) is 0 Å². The van der Waals surface area contributed by atoms with Gasteiger partial charge in [-0.3, -0.25) is 4.79 Å². The van der Waals surface area contributed by atoms with Crippen molar-refractivity contribution in [2.75, 3.05) is 18.8 Å².